The lowest BCUT2D eigenvalue weighted by atomic mass is 9.78. The molecule has 2 heterocycles. The quantitative estimate of drug-likeness (QED) is 0.944. The zero-order valence-electron chi connectivity index (χ0n) is 12.4. The first-order valence-electron chi connectivity index (χ1n) is 7.21. The van der Waals surface area contributed by atoms with Gasteiger partial charge >= 0.3 is 0 Å². The Hall–Kier alpha value is -1.88. The van der Waals surface area contributed by atoms with E-state index in [1.165, 1.54) is 13.2 Å². The van der Waals surface area contributed by atoms with Crippen LogP contribution in [0, 0.1) is 5.82 Å². The van der Waals surface area contributed by atoms with Gasteiger partial charge in [-0.05, 0) is 38.1 Å². The third-order valence-corrected chi connectivity index (χ3v) is 4.38. The molecule has 0 bridgehead atoms. The van der Waals surface area contributed by atoms with E-state index < -0.39 is 0 Å². The van der Waals surface area contributed by atoms with E-state index in [1.807, 2.05) is 16.8 Å². The molecule has 0 amide bonds. The molecule has 5 heteroatoms. The minimum atomic E-state index is -0.356. The predicted molar refractivity (Wildman–Crippen MR) is 79.5 cm³/mol. The molecule has 0 atom stereocenters. The van der Waals surface area contributed by atoms with Crippen molar-refractivity contribution in [1.82, 2.24) is 14.9 Å². The van der Waals surface area contributed by atoms with Gasteiger partial charge in [0.1, 0.15) is 0 Å². The summed E-state index contributed by atoms with van der Waals surface area (Å²) >= 11 is 0. The molecule has 1 aliphatic heterocycles. The monoisotopic (exact) mass is 289 g/mol. The van der Waals surface area contributed by atoms with Crippen molar-refractivity contribution in [3.8, 4) is 11.4 Å². The van der Waals surface area contributed by atoms with E-state index in [4.69, 9.17) is 4.74 Å². The SMILES string of the molecule is COc1ccc(-n2cncc2C2(C)CCNCC2)cc1F. The number of imidazole rings is 1. The Kier molecular flexibility index (Phi) is 3.68. The van der Waals surface area contributed by atoms with Crippen LogP contribution in [-0.4, -0.2) is 29.8 Å². The summed E-state index contributed by atoms with van der Waals surface area (Å²) in [4.78, 5) is 4.28. The highest BCUT2D eigenvalue weighted by Crippen LogP contribution is 2.34. The minimum Gasteiger partial charge on any atom is -0.494 e. The Labute approximate surface area is 124 Å². The van der Waals surface area contributed by atoms with Gasteiger partial charge in [-0.3, -0.25) is 0 Å². The Bertz CT molecular complexity index is 632. The highest BCUT2D eigenvalue weighted by atomic mass is 19.1. The van der Waals surface area contributed by atoms with Crippen molar-refractivity contribution in [3.05, 3.63) is 42.2 Å². The molecule has 1 fully saturated rings. The van der Waals surface area contributed by atoms with Gasteiger partial charge in [0, 0.05) is 29.1 Å². The first-order valence-corrected chi connectivity index (χ1v) is 7.21. The predicted octanol–water partition coefficient (Wildman–Crippen LogP) is 2.66. The molecule has 2 aromatic rings. The summed E-state index contributed by atoms with van der Waals surface area (Å²) in [6, 6.07) is 5.01. The van der Waals surface area contributed by atoms with Gasteiger partial charge in [0.15, 0.2) is 11.6 Å². The molecule has 112 valence electrons. The van der Waals surface area contributed by atoms with Gasteiger partial charge in [0.2, 0.25) is 0 Å². The smallest absolute Gasteiger partial charge is 0.167 e. The van der Waals surface area contributed by atoms with Gasteiger partial charge in [-0.15, -0.1) is 0 Å². The molecule has 1 aromatic heterocycles. The van der Waals surface area contributed by atoms with E-state index in [0.29, 0.717) is 0 Å². The molecule has 0 aliphatic carbocycles. The van der Waals surface area contributed by atoms with Crippen LogP contribution in [0.25, 0.3) is 5.69 Å². The van der Waals surface area contributed by atoms with Crippen LogP contribution in [0.4, 0.5) is 4.39 Å². The number of aromatic nitrogens is 2. The van der Waals surface area contributed by atoms with E-state index in [-0.39, 0.29) is 17.0 Å². The standard InChI is InChI=1S/C16H20FN3O/c1-16(5-7-18-8-6-16)15-10-19-11-20(15)12-3-4-14(21-2)13(17)9-12/h3-4,9-11,18H,5-8H2,1-2H3. The van der Waals surface area contributed by atoms with Crippen LogP contribution in [0.3, 0.4) is 0 Å². The molecule has 1 N–H and O–H groups in total. The molecule has 0 radical (unpaired) electrons. The number of nitrogens with one attached hydrogen (secondary N) is 1. The molecule has 1 aliphatic rings. The topological polar surface area (TPSA) is 39.1 Å². The van der Waals surface area contributed by atoms with Crippen LogP contribution in [0.15, 0.2) is 30.7 Å². The maximum atomic E-state index is 13.9. The minimum absolute atomic E-state index is 0.0676. The second-order valence-corrected chi connectivity index (χ2v) is 5.78. The third-order valence-electron chi connectivity index (χ3n) is 4.38. The summed E-state index contributed by atoms with van der Waals surface area (Å²) in [5.41, 5.74) is 1.98. The van der Waals surface area contributed by atoms with Gasteiger partial charge in [-0.1, -0.05) is 6.92 Å². The average Bonchev–Trinajstić information content (AvgIpc) is 2.98. The molecule has 1 saturated heterocycles. The summed E-state index contributed by atoms with van der Waals surface area (Å²) in [6.45, 7) is 4.25. The number of piperidine rings is 1. The number of methoxy groups -OCH3 is 1. The Morgan fingerprint density at radius 1 is 1.33 bits per heavy atom. The van der Waals surface area contributed by atoms with E-state index in [1.54, 1.807) is 12.4 Å². The second-order valence-electron chi connectivity index (χ2n) is 5.78. The normalized spacial score (nSPS) is 17.7. The van der Waals surface area contributed by atoms with Crippen LogP contribution in [0.2, 0.25) is 0 Å². The summed E-state index contributed by atoms with van der Waals surface area (Å²) in [5, 5.41) is 3.38. The van der Waals surface area contributed by atoms with Crippen LogP contribution < -0.4 is 10.1 Å². The number of rotatable bonds is 3. The zero-order chi connectivity index (χ0) is 14.9. The summed E-state index contributed by atoms with van der Waals surface area (Å²) < 4.78 is 20.9. The summed E-state index contributed by atoms with van der Waals surface area (Å²) in [5.74, 6) is -0.0985. The van der Waals surface area contributed by atoms with Gasteiger partial charge in [-0.2, -0.15) is 0 Å². The fraction of sp³-hybridized carbons (Fsp3) is 0.438. The van der Waals surface area contributed by atoms with E-state index >= 15 is 0 Å². The number of benzene rings is 1. The van der Waals surface area contributed by atoms with Crippen LogP contribution in [0.5, 0.6) is 5.75 Å². The summed E-state index contributed by atoms with van der Waals surface area (Å²) in [6.07, 6.45) is 5.76. The first kappa shape index (κ1) is 14.1. The van der Waals surface area contributed by atoms with Crippen LogP contribution in [-0.2, 0) is 5.41 Å². The maximum Gasteiger partial charge on any atom is 0.167 e. The molecular weight excluding hydrogens is 269 g/mol. The molecule has 0 saturated carbocycles. The highest BCUT2D eigenvalue weighted by Gasteiger charge is 2.32. The van der Waals surface area contributed by atoms with Gasteiger partial charge in [0.05, 0.1) is 13.4 Å². The van der Waals surface area contributed by atoms with Crippen molar-refractivity contribution < 1.29 is 9.13 Å². The van der Waals surface area contributed by atoms with Gasteiger partial charge in [-0.25, -0.2) is 9.37 Å². The van der Waals surface area contributed by atoms with Gasteiger partial charge in [0.25, 0.3) is 0 Å². The van der Waals surface area contributed by atoms with Crippen molar-refractivity contribution in [1.29, 1.82) is 0 Å². The largest absolute Gasteiger partial charge is 0.494 e. The third kappa shape index (κ3) is 2.53. The lowest BCUT2D eigenvalue weighted by Crippen LogP contribution is -2.38. The van der Waals surface area contributed by atoms with Crippen LogP contribution >= 0.6 is 0 Å². The molecule has 4 nitrogen and oxygen atoms in total. The summed E-state index contributed by atoms with van der Waals surface area (Å²) in [7, 11) is 1.47. The lowest BCUT2D eigenvalue weighted by Gasteiger charge is -2.34. The lowest BCUT2D eigenvalue weighted by molar-refractivity contribution is 0.324. The Morgan fingerprint density at radius 3 is 2.76 bits per heavy atom. The number of hydrogen-bond acceptors (Lipinski definition) is 3. The van der Waals surface area contributed by atoms with Crippen molar-refractivity contribution in [2.24, 2.45) is 0 Å². The molecule has 1 aromatic carbocycles. The van der Waals surface area contributed by atoms with Crippen molar-refractivity contribution in [3.63, 3.8) is 0 Å². The van der Waals surface area contributed by atoms with Crippen molar-refractivity contribution in [2.45, 2.75) is 25.2 Å². The van der Waals surface area contributed by atoms with Crippen molar-refractivity contribution >= 4 is 0 Å². The number of ether oxygens (including phenoxy) is 1. The number of halogens is 1. The average molecular weight is 289 g/mol. The van der Waals surface area contributed by atoms with Crippen LogP contribution in [0.1, 0.15) is 25.5 Å². The molecule has 0 unspecified atom stereocenters. The maximum absolute atomic E-state index is 13.9. The zero-order valence-corrected chi connectivity index (χ0v) is 12.4. The van der Waals surface area contributed by atoms with E-state index in [9.17, 15) is 4.39 Å². The van der Waals surface area contributed by atoms with Crippen molar-refractivity contribution in [2.75, 3.05) is 20.2 Å². The van der Waals surface area contributed by atoms with E-state index in [0.717, 1.165) is 37.3 Å². The Morgan fingerprint density at radius 2 is 2.10 bits per heavy atom. The second kappa shape index (κ2) is 5.48. The molecule has 21 heavy (non-hydrogen) atoms. The molecular formula is C16H20FN3O. The highest BCUT2D eigenvalue weighted by molar-refractivity contribution is 5.41. The number of hydrogen-bond donors (Lipinski definition) is 1. The fourth-order valence-electron chi connectivity index (χ4n) is 2.99. The van der Waals surface area contributed by atoms with E-state index in [2.05, 4.69) is 17.2 Å². The number of nitrogens with zero attached hydrogens (tertiary/aromatic N) is 2. The molecule has 3 rings (SSSR count). The first-order chi connectivity index (χ1) is 10.1. The Balaban J connectivity index is 2.00. The molecule has 0 spiro atoms. The fourth-order valence-corrected chi connectivity index (χ4v) is 2.99. The van der Waals surface area contributed by atoms with Gasteiger partial charge < -0.3 is 14.6 Å².